The summed E-state index contributed by atoms with van der Waals surface area (Å²) in [4.78, 5) is 54.1. The summed E-state index contributed by atoms with van der Waals surface area (Å²) in [5.74, 6) is -9.66. The molecule has 0 spiro atoms. The summed E-state index contributed by atoms with van der Waals surface area (Å²) >= 11 is 0. The monoisotopic (exact) mass is 1080 g/mol. The van der Waals surface area contributed by atoms with E-state index in [9.17, 15) is 64.5 Å². The number of hydrogen-bond acceptors (Lipinski definition) is 14. The first-order chi connectivity index (χ1) is 36.3. The average molecular weight is 1080 g/mol. The summed E-state index contributed by atoms with van der Waals surface area (Å²) in [5, 5.41) is 24.4. The third-order valence-corrected chi connectivity index (χ3v) is 11.5. The summed E-state index contributed by atoms with van der Waals surface area (Å²) in [7, 11) is 2.08. The van der Waals surface area contributed by atoms with Gasteiger partial charge in [0.2, 0.25) is 11.6 Å². The molecule has 77 heavy (non-hydrogen) atoms. The molecule has 0 atom stereocenters. The molecule has 0 heterocycles. The van der Waals surface area contributed by atoms with Gasteiger partial charge in [-0.3, -0.25) is 9.59 Å². The van der Waals surface area contributed by atoms with Gasteiger partial charge in [0.05, 0.1) is 25.3 Å². The molecule has 0 saturated heterocycles. The molecule has 0 aliphatic rings. The summed E-state index contributed by atoms with van der Waals surface area (Å²) < 4.78 is 134. The highest BCUT2D eigenvalue weighted by Gasteiger charge is 2.54. The summed E-state index contributed by atoms with van der Waals surface area (Å²) in [5.41, 5.74) is 11.8. The quantitative estimate of drug-likeness (QED) is 0.0111. The zero-order chi connectivity index (χ0) is 56.3. The number of anilines is 2. The molecule has 0 amide bonds. The van der Waals surface area contributed by atoms with Gasteiger partial charge in [0.25, 0.3) is 0 Å². The van der Waals surface area contributed by atoms with Gasteiger partial charge in [0, 0.05) is 23.2 Å². The Hall–Kier alpha value is -8.76. The van der Waals surface area contributed by atoms with Crippen LogP contribution in [0, 0.1) is 5.41 Å². The van der Waals surface area contributed by atoms with E-state index in [2.05, 4.69) is 9.47 Å². The third kappa shape index (κ3) is 14.8. The van der Waals surface area contributed by atoms with Crippen molar-refractivity contribution in [2.75, 3.05) is 25.7 Å². The molecule has 6 aromatic carbocycles. The standard InChI is InChI=1S/C55H46F8N2O12/c1-72-45-27-36(13-24-43(45)76-54(60,61)50(56)57)48(68)74-41-20-8-32(9-21-41)7-19-40(66)31-52(29-34-3-15-38(64)16-4-34,30-35-5-17-39(65)18-6-35)53(70,71)47(67)26-12-33-10-22-42(23-11-33)75-49(69)37-14-25-44(46(28-37)73-2)77-55(62,63)51(58)59/h3-28,50-51,70-71H,29-31,64-65H2,1-2H3. The lowest BCUT2D eigenvalue weighted by molar-refractivity contribution is -0.253. The number of esters is 2. The van der Waals surface area contributed by atoms with Crippen molar-refractivity contribution in [2.45, 2.75) is 50.1 Å². The second-order valence-electron chi connectivity index (χ2n) is 17.0. The van der Waals surface area contributed by atoms with Gasteiger partial charge in [-0.25, -0.2) is 9.59 Å². The molecule has 0 aliphatic heterocycles. The highest BCUT2D eigenvalue weighted by atomic mass is 19.3. The number of rotatable bonds is 24. The van der Waals surface area contributed by atoms with E-state index in [0.29, 0.717) is 33.6 Å². The first-order valence-corrected chi connectivity index (χ1v) is 22.6. The Bertz CT molecular complexity index is 3070. The van der Waals surface area contributed by atoms with Crippen LogP contribution in [0.2, 0.25) is 0 Å². The number of ketones is 2. The van der Waals surface area contributed by atoms with Gasteiger partial charge in [-0.2, -0.15) is 35.1 Å². The van der Waals surface area contributed by atoms with Crippen LogP contribution in [0.3, 0.4) is 0 Å². The average Bonchev–Trinajstić information content (AvgIpc) is 3.39. The van der Waals surface area contributed by atoms with Crippen LogP contribution in [0.5, 0.6) is 34.5 Å². The van der Waals surface area contributed by atoms with Crippen molar-refractivity contribution in [3.8, 4) is 34.5 Å². The lowest BCUT2D eigenvalue weighted by atomic mass is 9.65. The van der Waals surface area contributed by atoms with Crippen molar-refractivity contribution in [1.29, 1.82) is 0 Å². The van der Waals surface area contributed by atoms with Crippen molar-refractivity contribution in [2.24, 2.45) is 5.41 Å². The number of carbonyl (C=O) groups excluding carboxylic acids is 4. The number of benzene rings is 6. The second-order valence-corrected chi connectivity index (χ2v) is 17.0. The largest absolute Gasteiger partial charge is 0.493 e. The van der Waals surface area contributed by atoms with Gasteiger partial charge >= 0.3 is 37.0 Å². The first-order valence-electron chi connectivity index (χ1n) is 22.6. The van der Waals surface area contributed by atoms with Crippen LogP contribution in [-0.2, 0) is 22.4 Å². The molecule has 6 N–H and O–H groups in total. The molecule has 14 nitrogen and oxygen atoms in total. The Kier molecular flexibility index (Phi) is 18.1. The lowest BCUT2D eigenvalue weighted by Gasteiger charge is -2.42. The van der Waals surface area contributed by atoms with Crippen LogP contribution in [0.1, 0.15) is 49.4 Å². The van der Waals surface area contributed by atoms with Crippen LogP contribution >= 0.6 is 0 Å². The summed E-state index contributed by atoms with van der Waals surface area (Å²) in [6, 6.07) is 29.2. The number of hydrogen-bond donors (Lipinski definition) is 4. The normalized spacial score (nSPS) is 12.2. The number of aliphatic hydroxyl groups is 2. The van der Waals surface area contributed by atoms with Crippen LogP contribution in [0.15, 0.2) is 146 Å². The number of nitrogens with two attached hydrogens (primary N) is 2. The maximum atomic E-state index is 14.2. The SMILES string of the molecule is COc1cc(C(=O)Oc2ccc(C=CC(=O)CC(Cc3ccc(N)cc3)(Cc3ccc(N)cc3)C(O)(O)C(=O)C=Cc3ccc(OC(=O)c4ccc(OC(F)(F)C(F)F)c(OC)c4)cc3)cc2)ccc1OC(F)(F)C(F)F. The fraction of sp³-hybridized carbons (Fsp3) is 0.200. The minimum absolute atomic E-state index is 0.00627. The topological polar surface area (TPSA) is 216 Å². The Balaban J connectivity index is 1.21. The van der Waals surface area contributed by atoms with Gasteiger partial charge in [-0.05, 0) is 132 Å². The fourth-order valence-corrected chi connectivity index (χ4v) is 7.51. The van der Waals surface area contributed by atoms with Crippen molar-refractivity contribution in [3.63, 3.8) is 0 Å². The van der Waals surface area contributed by atoms with E-state index < -0.39 is 89.2 Å². The number of methoxy groups -OCH3 is 2. The van der Waals surface area contributed by atoms with Gasteiger partial charge in [-0.1, -0.05) is 60.7 Å². The molecule has 0 saturated carbocycles. The second kappa shape index (κ2) is 24.3. The van der Waals surface area contributed by atoms with Crippen molar-refractivity contribution in [1.82, 2.24) is 0 Å². The highest BCUT2D eigenvalue weighted by molar-refractivity contribution is 6.01. The first kappa shape index (κ1) is 57.5. The van der Waals surface area contributed by atoms with E-state index in [1.807, 2.05) is 0 Å². The van der Waals surface area contributed by atoms with Crippen LogP contribution in [-0.4, -0.2) is 78.8 Å². The summed E-state index contributed by atoms with van der Waals surface area (Å²) in [6.45, 7) is 0. The van der Waals surface area contributed by atoms with Gasteiger partial charge < -0.3 is 50.1 Å². The zero-order valence-corrected chi connectivity index (χ0v) is 40.4. The lowest BCUT2D eigenvalue weighted by Crippen LogP contribution is -2.57. The molecule has 6 rings (SSSR count). The Labute approximate surface area is 433 Å². The van der Waals surface area contributed by atoms with E-state index in [4.69, 9.17) is 30.4 Å². The van der Waals surface area contributed by atoms with E-state index in [1.165, 1.54) is 60.7 Å². The van der Waals surface area contributed by atoms with E-state index in [-0.39, 0.29) is 35.5 Å². The molecule has 0 radical (unpaired) electrons. The summed E-state index contributed by atoms with van der Waals surface area (Å²) in [6.07, 6.45) is -14.5. The molecule has 0 aliphatic carbocycles. The maximum Gasteiger partial charge on any atom is 0.461 e. The highest BCUT2D eigenvalue weighted by Crippen LogP contribution is 2.43. The van der Waals surface area contributed by atoms with Crippen LogP contribution in [0.25, 0.3) is 12.2 Å². The van der Waals surface area contributed by atoms with Gasteiger partial charge in [0.15, 0.2) is 28.8 Å². The smallest absolute Gasteiger partial charge is 0.461 e. The Morgan fingerprint density at radius 3 is 1.27 bits per heavy atom. The molecule has 6 aromatic rings. The van der Waals surface area contributed by atoms with Crippen molar-refractivity contribution in [3.05, 3.63) is 179 Å². The van der Waals surface area contributed by atoms with Crippen molar-refractivity contribution < 1.29 is 92.9 Å². The number of allylic oxidation sites excluding steroid dienone is 1. The number of nitrogen functional groups attached to an aromatic ring is 2. The number of alkyl halides is 8. The Morgan fingerprint density at radius 2 is 0.909 bits per heavy atom. The van der Waals surface area contributed by atoms with Crippen LogP contribution in [0.4, 0.5) is 46.5 Å². The Morgan fingerprint density at radius 1 is 0.532 bits per heavy atom. The van der Waals surface area contributed by atoms with E-state index in [0.717, 1.165) is 62.8 Å². The van der Waals surface area contributed by atoms with E-state index >= 15 is 0 Å². The minimum atomic E-state index is -4.84. The molecule has 0 bridgehead atoms. The van der Waals surface area contributed by atoms with Gasteiger partial charge in [0.1, 0.15) is 11.5 Å². The molecular formula is C55H46F8N2O12. The molecule has 0 fully saturated rings. The third-order valence-electron chi connectivity index (χ3n) is 11.5. The predicted molar refractivity (Wildman–Crippen MR) is 263 cm³/mol. The van der Waals surface area contributed by atoms with Gasteiger partial charge in [-0.15, -0.1) is 0 Å². The van der Waals surface area contributed by atoms with Crippen molar-refractivity contribution >= 4 is 47.0 Å². The maximum absolute atomic E-state index is 14.2. The molecule has 404 valence electrons. The van der Waals surface area contributed by atoms with Crippen LogP contribution < -0.4 is 39.9 Å². The number of carbonyl (C=O) groups is 4. The number of ether oxygens (including phenoxy) is 6. The molecule has 0 unspecified atom stereocenters. The number of halogens is 8. The minimum Gasteiger partial charge on any atom is -0.493 e. The predicted octanol–water partition coefficient (Wildman–Crippen LogP) is 10.2. The molecular weight excluding hydrogens is 1030 g/mol. The zero-order valence-electron chi connectivity index (χ0n) is 40.4. The molecule has 0 aromatic heterocycles. The fourth-order valence-electron chi connectivity index (χ4n) is 7.51. The molecule has 22 heteroatoms. The van der Waals surface area contributed by atoms with E-state index in [1.54, 1.807) is 48.5 Å².